The number of amides is 1. The maximum Gasteiger partial charge on any atom is 0.276 e. The number of fused-ring (bicyclic) bond motifs is 1. The number of benzene rings is 1. The zero-order valence-corrected chi connectivity index (χ0v) is 16.8. The highest BCUT2D eigenvalue weighted by Crippen LogP contribution is 2.23. The Balaban J connectivity index is 1.47. The summed E-state index contributed by atoms with van der Waals surface area (Å²) in [6.45, 7) is 3.60. The second kappa shape index (κ2) is 7.76. The first kappa shape index (κ1) is 18.6. The predicted octanol–water partition coefficient (Wildman–Crippen LogP) is 3.94. The Labute approximate surface area is 174 Å². The second-order valence-electron chi connectivity index (χ2n) is 7.65. The van der Waals surface area contributed by atoms with Crippen LogP contribution in [-0.2, 0) is 11.3 Å². The van der Waals surface area contributed by atoms with Crippen LogP contribution in [0.15, 0.2) is 61.2 Å². The van der Waals surface area contributed by atoms with Crippen LogP contribution in [0.5, 0.6) is 0 Å². The third-order valence-corrected chi connectivity index (χ3v) is 5.34. The van der Waals surface area contributed by atoms with Gasteiger partial charge in [-0.1, -0.05) is 18.2 Å². The van der Waals surface area contributed by atoms with Gasteiger partial charge in [0.1, 0.15) is 5.69 Å². The number of hydrogen-bond acceptors (Lipinski definition) is 4. The van der Waals surface area contributed by atoms with E-state index in [4.69, 9.17) is 4.74 Å². The molecule has 1 aliphatic heterocycles. The molecule has 3 aromatic heterocycles. The number of anilines is 1. The van der Waals surface area contributed by atoms with Crippen LogP contribution in [-0.4, -0.2) is 37.6 Å². The summed E-state index contributed by atoms with van der Waals surface area (Å²) in [5.41, 5.74) is 3.68. The van der Waals surface area contributed by atoms with Gasteiger partial charge in [0.15, 0.2) is 11.5 Å². The van der Waals surface area contributed by atoms with Crippen LogP contribution in [0, 0.1) is 6.92 Å². The summed E-state index contributed by atoms with van der Waals surface area (Å²) in [7, 11) is 0. The Morgan fingerprint density at radius 2 is 2.20 bits per heavy atom. The number of ether oxygens (including phenoxy) is 1. The molecule has 5 rings (SSSR count). The lowest BCUT2D eigenvalue weighted by atomic mass is 10.2. The molecule has 1 fully saturated rings. The van der Waals surface area contributed by atoms with E-state index in [2.05, 4.69) is 15.3 Å². The third kappa shape index (κ3) is 3.59. The van der Waals surface area contributed by atoms with Gasteiger partial charge in [0.2, 0.25) is 0 Å². The monoisotopic (exact) mass is 401 g/mol. The van der Waals surface area contributed by atoms with Crippen LogP contribution < -0.4 is 5.32 Å². The summed E-state index contributed by atoms with van der Waals surface area (Å²) >= 11 is 0. The van der Waals surface area contributed by atoms with E-state index in [1.807, 2.05) is 70.7 Å². The van der Waals surface area contributed by atoms with Gasteiger partial charge < -0.3 is 14.6 Å². The number of aromatic nitrogens is 4. The Morgan fingerprint density at radius 1 is 1.27 bits per heavy atom. The lowest BCUT2D eigenvalue weighted by Gasteiger charge is -2.08. The molecule has 0 unspecified atom stereocenters. The number of rotatable bonds is 5. The quantitative estimate of drug-likeness (QED) is 0.550. The summed E-state index contributed by atoms with van der Waals surface area (Å²) in [5.74, 6) is 0.403. The van der Waals surface area contributed by atoms with Gasteiger partial charge >= 0.3 is 0 Å². The van der Waals surface area contributed by atoms with Crippen LogP contribution in [0.25, 0.3) is 17.0 Å². The highest BCUT2D eigenvalue weighted by molar-refractivity contribution is 6.08. The Kier molecular flexibility index (Phi) is 4.80. The second-order valence-corrected chi connectivity index (χ2v) is 7.65. The Bertz CT molecular complexity index is 1200. The van der Waals surface area contributed by atoms with Crippen LogP contribution >= 0.6 is 0 Å². The average Bonchev–Trinajstić information content (AvgIpc) is 3.48. The number of pyridine rings is 1. The summed E-state index contributed by atoms with van der Waals surface area (Å²) < 4.78 is 9.66. The first-order chi connectivity index (χ1) is 14.7. The Hall–Kier alpha value is -3.45. The van der Waals surface area contributed by atoms with E-state index < -0.39 is 0 Å². The molecule has 1 amide bonds. The molecule has 7 heteroatoms. The summed E-state index contributed by atoms with van der Waals surface area (Å²) in [6, 6.07) is 13.4. The van der Waals surface area contributed by atoms with Gasteiger partial charge in [-0.05, 0) is 49.6 Å². The summed E-state index contributed by atoms with van der Waals surface area (Å²) in [4.78, 5) is 22.2. The van der Waals surface area contributed by atoms with Crippen molar-refractivity contribution in [3.05, 3.63) is 72.4 Å². The predicted molar refractivity (Wildman–Crippen MR) is 115 cm³/mol. The van der Waals surface area contributed by atoms with Crippen molar-refractivity contribution in [3.63, 3.8) is 0 Å². The molecule has 30 heavy (non-hydrogen) atoms. The van der Waals surface area contributed by atoms with Crippen molar-refractivity contribution in [2.75, 3.05) is 11.9 Å². The zero-order chi connectivity index (χ0) is 20.5. The van der Waals surface area contributed by atoms with Crippen LogP contribution in [0.1, 0.15) is 28.9 Å². The van der Waals surface area contributed by atoms with Crippen molar-refractivity contribution < 1.29 is 9.53 Å². The van der Waals surface area contributed by atoms with Crippen molar-refractivity contribution in [3.8, 4) is 11.5 Å². The minimum Gasteiger partial charge on any atom is -0.376 e. The van der Waals surface area contributed by atoms with Gasteiger partial charge in [-0.2, -0.15) is 0 Å². The highest BCUT2D eigenvalue weighted by atomic mass is 16.5. The van der Waals surface area contributed by atoms with E-state index in [1.165, 1.54) is 0 Å². The number of imidazole rings is 2. The maximum absolute atomic E-state index is 13.0. The molecular formula is C23H23N5O2. The van der Waals surface area contributed by atoms with E-state index >= 15 is 0 Å². The van der Waals surface area contributed by atoms with E-state index in [1.54, 1.807) is 6.33 Å². The summed E-state index contributed by atoms with van der Waals surface area (Å²) in [5, 5.41) is 2.95. The smallest absolute Gasteiger partial charge is 0.276 e. The minimum atomic E-state index is -0.241. The average molecular weight is 401 g/mol. The fourth-order valence-electron chi connectivity index (χ4n) is 3.90. The normalized spacial score (nSPS) is 16.2. The lowest BCUT2D eigenvalue weighted by Crippen LogP contribution is -2.13. The Morgan fingerprint density at radius 3 is 3.03 bits per heavy atom. The molecule has 1 saturated heterocycles. The molecule has 1 N–H and O–H groups in total. The minimum absolute atomic E-state index is 0.236. The van der Waals surface area contributed by atoms with Crippen molar-refractivity contribution in [1.29, 1.82) is 0 Å². The molecule has 0 radical (unpaired) electrons. The van der Waals surface area contributed by atoms with Gasteiger partial charge in [0.25, 0.3) is 5.91 Å². The van der Waals surface area contributed by atoms with Gasteiger partial charge in [-0.3, -0.25) is 9.20 Å². The van der Waals surface area contributed by atoms with Gasteiger partial charge in [0, 0.05) is 31.2 Å². The number of hydrogen-bond donors (Lipinski definition) is 1. The molecule has 152 valence electrons. The third-order valence-electron chi connectivity index (χ3n) is 5.34. The fraction of sp³-hybridized carbons (Fsp3) is 0.261. The van der Waals surface area contributed by atoms with Crippen molar-refractivity contribution in [1.82, 2.24) is 18.9 Å². The van der Waals surface area contributed by atoms with E-state index in [0.717, 1.165) is 48.5 Å². The fourth-order valence-corrected chi connectivity index (χ4v) is 3.90. The molecule has 1 atom stereocenters. The van der Waals surface area contributed by atoms with Crippen LogP contribution in [0.4, 0.5) is 5.69 Å². The standard InChI is InChI=1S/C23H23N5O2/c1-16-6-4-7-17(12-16)25-23(29)21-20-9-2-3-10-28(20)22(26-21)19-14-27(15-24-19)13-18-8-5-11-30-18/h2-4,6-7,9-10,12,14-15,18H,5,8,11,13H2,1H3,(H,25,29)/t18-/m0/s1. The van der Waals surface area contributed by atoms with E-state index in [-0.39, 0.29) is 12.0 Å². The first-order valence-electron chi connectivity index (χ1n) is 10.2. The molecule has 0 saturated carbocycles. The topological polar surface area (TPSA) is 73.5 Å². The maximum atomic E-state index is 13.0. The molecule has 0 bridgehead atoms. The number of nitrogens with zero attached hydrogens (tertiary/aromatic N) is 4. The summed E-state index contributed by atoms with van der Waals surface area (Å²) in [6.07, 6.45) is 8.08. The van der Waals surface area contributed by atoms with Gasteiger partial charge in [-0.15, -0.1) is 0 Å². The highest BCUT2D eigenvalue weighted by Gasteiger charge is 2.21. The van der Waals surface area contributed by atoms with E-state index in [9.17, 15) is 4.79 Å². The van der Waals surface area contributed by atoms with Crippen molar-refractivity contribution in [2.45, 2.75) is 32.4 Å². The zero-order valence-electron chi connectivity index (χ0n) is 16.8. The van der Waals surface area contributed by atoms with Crippen molar-refractivity contribution >= 4 is 17.1 Å². The van der Waals surface area contributed by atoms with E-state index in [0.29, 0.717) is 11.5 Å². The number of nitrogens with one attached hydrogen (secondary N) is 1. The lowest BCUT2D eigenvalue weighted by molar-refractivity contribution is 0.0970. The molecular weight excluding hydrogens is 378 g/mol. The largest absolute Gasteiger partial charge is 0.376 e. The van der Waals surface area contributed by atoms with Crippen LogP contribution in [0.3, 0.4) is 0 Å². The van der Waals surface area contributed by atoms with Gasteiger partial charge in [-0.25, -0.2) is 9.97 Å². The molecule has 0 aliphatic carbocycles. The molecule has 4 aromatic rings. The first-order valence-corrected chi connectivity index (χ1v) is 10.2. The number of carbonyl (C=O) groups excluding carboxylic acids is 1. The van der Waals surface area contributed by atoms with Gasteiger partial charge in [0.05, 0.1) is 17.9 Å². The molecule has 1 aromatic carbocycles. The van der Waals surface area contributed by atoms with Crippen LogP contribution in [0.2, 0.25) is 0 Å². The molecule has 1 aliphatic rings. The number of carbonyl (C=O) groups is 1. The molecule has 7 nitrogen and oxygen atoms in total. The number of aryl methyl sites for hydroxylation is 1. The molecule has 4 heterocycles. The SMILES string of the molecule is Cc1cccc(NC(=O)c2nc(-c3cn(C[C@@H]4CCCO4)cn3)n3ccccc23)c1. The molecule has 0 spiro atoms. The van der Waals surface area contributed by atoms with Crippen molar-refractivity contribution in [2.24, 2.45) is 0 Å².